The first kappa shape index (κ1) is 29.1. The van der Waals surface area contributed by atoms with Crippen LogP contribution in [-0.2, 0) is 9.47 Å². The van der Waals surface area contributed by atoms with Crippen LogP contribution in [0.5, 0.6) is 0 Å². The summed E-state index contributed by atoms with van der Waals surface area (Å²) in [6.45, 7) is 18.0. The smallest absolute Gasteiger partial charge is 0.411 e. The van der Waals surface area contributed by atoms with Crippen molar-refractivity contribution in [1.82, 2.24) is 9.80 Å². The van der Waals surface area contributed by atoms with Gasteiger partial charge in [-0.05, 0) is 85.1 Å². The molecule has 2 aliphatic heterocycles. The Morgan fingerprint density at radius 1 is 0.919 bits per heavy atom. The van der Waals surface area contributed by atoms with Gasteiger partial charge in [-0.2, -0.15) is 0 Å². The molecule has 2 heterocycles. The fraction of sp³-hybridized carbons (Fsp3) is 0.677. The number of ether oxygens (including phenoxy) is 2. The second kappa shape index (κ2) is 11.5. The molecule has 3 rings (SSSR count). The first-order valence-corrected chi connectivity index (χ1v) is 14.0. The van der Waals surface area contributed by atoms with Gasteiger partial charge in [-0.15, -0.1) is 0 Å². The summed E-state index contributed by atoms with van der Waals surface area (Å²) in [5, 5.41) is 0. The first-order valence-electron chi connectivity index (χ1n) is 14.0. The van der Waals surface area contributed by atoms with Crippen LogP contribution >= 0.6 is 0 Å². The number of hydrogen-bond acceptors (Lipinski definition) is 4. The fourth-order valence-electron chi connectivity index (χ4n) is 6.13. The minimum Gasteiger partial charge on any atom is -0.444 e. The predicted molar refractivity (Wildman–Crippen MR) is 148 cm³/mol. The van der Waals surface area contributed by atoms with Gasteiger partial charge in [0.05, 0.1) is 12.1 Å². The van der Waals surface area contributed by atoms with Gasteiger partial charge in [-0.25, -0.2) is 9.59 Å². The molecule has 0 N–H and O–H groups in total. The fourth-order valence-corrected chi connectivity index (χ4v) is 6.13. The number of rotatable bonds is 5. The molecule has 0 bridgehead atoms. The third-order valence-electron chi connectivity index (χ3n) is 7.73. The van der Waals surface area contributed by atoms with Gasteiger partial charge in [0.25, 0.3) is 0 Å². The van der Waals surface area contributed by atoms with Crippen molar-refractivity contribution in [3.8, 4) is 0 Å². The largest absolute Gasteiger partial charge is 0.444 e. The number of likely N-dealkylation sites (tertiary alicyclic amines) is 2. The summed E-state index contributed by atoms with van der Waals surface area (Å²) < 4.78 is 11.6. The molecule has 1 aromatic carbocycles. The molecule has 206 valence electrons. The summed E-state index contributed by atoms with van der Waals surface area (Å²) in [7, 11) is 0. The van der Waals surface area contributed by atoms with Crippen LogP contribution < -0.4 is 0 Å². The maximum atomic E-state index is 13.3. The normalized spacial score (nSPS) is 28.7. The molecule has 2 amide bonds. The SMILES string of the molecule is CCC1C(C)N(C(=O)OC(C)(C)C)[C@@H](C/C=C/C2CCC(c3ccccc3)N2C(=O)OC(C)(C)C)[C@H]1C. The Labute approximate surface area is 224 Å². The number of nitrogens with zero attached hydrogens (tertiary/aromatic N) is 2. The Balaban J connectivity index is 1.81. The highest BCUT2D eigenvalue weighted by Gasteiger charge is 2.47. The molecule has 2 saturated heterocycles. The lowest BCUT2D eigenvalue weighted by molar-refractivity contribution is 0.0139. The molecule has 0 aromatic heterocycles. The van der Waals surface area contributed by atoms with Crippen LogP contribution in [0.15, 0.2) is 42.5 Å². The van der Waals surface area contributed by atoms with E-state index in [0.29, 0.717) is 11.8 Å². The maximum Gasteiger partial charge on any atom is 0.411 e. The van der Waals surface area contributed by atoms with Crippen molar-refractivity contribution in [3.05, 3.63) is 48.0 Å². The molecule has 0 spiro atoms. The number of benzene rings is 1. The predicted octanol–water partition coefficient (Wildman–Crippen LogP) is 7.74. The number of hydrogen-bond donors (Lipinski definition) is 0. The molecule has 6 heteroatoms. The van der Waals surface area contributed by atoms with Crippen molar-refractivity contribution in [3.63, 3.8) is 0 Å². The summed E-state index contributed by atoms with van der Waals surface area (Å²) in [6.07, 6.45) is 7.32. The summed E-state index contributed by atoms with van der Waals surface area (Å²) >= 11 is 0. The third kappa shape index (κ3) is 7.08. The lowest BCUT2D eigenvalue weighted by atomic mass is 9.86. The van der Waals surface area contributed by atoms with E-state index < -0.39 is 11.2 Å². The van der Waals surface area contributed by atoms with Gasteiger partial charge >= 0.3 is 12.2 Å². The van der Waals surface area contributed by atoms with Crippen LogP contribution in [0.3, 0.4) is 0 Å². The molecular weight excluding hydrogens is 464 g/mol. The quantitative estimate of drug-likeness (QED) is 0.379. The monoisotopic (exact) mass is 512 g/mol. The van der Waals surface area contributed by atoms with E-state index in [9.17, 15) is 9.59 Å². The number of carbonyl (C=O) groups excluding carboxylic acids is 2. The van der Waals surface area contributed by atoms with E-state index in [1.807, 2.05) is 69.5 Å². The van der Waals surface area contributed by atoms with Gasteiger partial charge in [0.15, 0.2) is 0 Å². The zero-order chi connectivity index (χ0) is 27.5. The highest BCUT2D eigenvalue weighted by atomic mass is 16.6. The Kier molecular flexibility index (Phi) is 9.02. The molecule has 6 atom stereocenters. The molecule has 37 heavy (non-hydrogen) atoms. The van der Waals surface area contributed by atoms with E-state index in [1.165, 1.54) is 0 Å². The van der Waals surface area contributed by atoms with Crippen LogP contribution in [0.25, 0.3) is 0 Å². The first-order chi connectivity index (χ1) is 17.2. The van der Waals surface area contributed by atoms with E-state index in [-0.39, 0.29) is 36.4 Å². The molecule has 4 unspecified atom stereocenters. The van der Waals surface area contributed by atoms with E-state index in [0.717, 1.165) is 31.2 Å². The van der Waals surface area contributed by atoms with Crippen molar-refractivity contribution < 1.29 is 19.1 Å². The van der Waals surface area contributed by atoms with E-state index in [2.05, 4.69) is 45.1 Å². The summed E-state index contributed by atoms with van der Waals surface area (Å²) in [4.78, 5) is 30.4. The maximum absolute atomic E-state index is 13.3. The number of amides is 2. The minimum absolute atomic E-state index is 0.0149. The van der Waals surface area contributed by atoms with Crippen LogP contribution in [0.4, 0.5) is 9.59 Å². The Morgan fingerprint density at radius 3 is 2.03 bits per heavy atom. The van der Waals surface area contributed by atoms with Crippen molar-refractivity contribution in [1.29, 1.82) is 0 Å². The highest BCUT2D eigenvalue weighted by Crippen LogP contribution is 2.41. The average Bonchev–Trinajstić information content (AvgIpc) is 3.30. The van der Waals surface area contributed by atoms with Crippen molar-refractivity contribution in [2.75, 3.05) is 0 Å². The molecular formula is C31H48N2O4. The Morgan fingerprint density at radius 2 is 1.49 bits per heavy atom. The number of carbonyl (C=O) groups is 2. The summed E-state index contributed by atoms with van der Waals surface area (Å²) in [5.41, 5.74) is 0.0344. The van der Waals surface area contributed by atoms with Gasteiger partial charge in [0.2, 0.25) is 0 Å². The zero-order valence-corrected chi connectivity index (χ0v) is 24.4. The van der Waals surface area contributed by atoms with E-state index >= 15 is 0 Å². The van der Waals surface area contributed by atoms with Crippen LogP contribution in [0.2, 0.25) is 0 Å². The minimum atomic E-state index is -0.562. The van der Waals surface area contributed by atoms with Gasteiger partial charge in [0, 0.05) is 12.1 Å². The lowest BCUT2D eigenvalue weighted by Crippen LogP contribution is -2.44. The van der Waals surface area contributed by atoms with Crippen molar-refractivity contribution in [2.45, 2.75) is 123 Å². The van der Waals surface area contributed by atoms with Crippen LogP contribution in [0, 0.1) is 11.8 Å². The molecule has 2 aliphatic rings. The second-order valence-electron chi connectivity index (χ2n) is 12.7. The van der Waals surface area contributed by atoms with Crippen LogP contribution in [0.1, 0.15) is 99.6 Å². The molecule has 6 nitrogen and oxygen atoms in total. The molecule has 0 saturated carbocycles. The van der Waals surface area contributed by atoms with Crippen LogP contribution in [-0.4, -0.2) is 51.3 Å². The summed E-state index contributed by atoms with van der Waals surface area (Å²) in [5.74, 6) is 0.790. The van der Waals surface area contributed by atoms with Gasteiger partial charge in [-0.3, -0.25) is 4.90 Å². The van der Waals surface area contributed by atoms with Gasteiger partial charge in [-0.1, -0.05) is 62.8 Å². The topological polar surface area (TPSA) is 59.1 Å². The molecule has 0 radical (unpaired) electrons. The third-order valence-corrected chi connectivity index (χ3v) is 7.73. The standard InChI is InChI=1S/C31H48N2O4/c1-10-25-21(2)26(32(22(25)3)28(34)36-30(4,5)6)18-14-17-24-19-20-27(23-15-12-11-13-16-23)33(24)29(35)37-31(7,8)9/h11-17,21-22,24-27H,10,18-20H2,1-9H3/b17-14+/t21-,22?,24?,25?,26-,27?/m0/s1. The van der Waals surface area contributed by atoms with Gasteiger partial charge < -0.3 is 14.4 Å². The van der Waals surface area contributed by atoms with E-state index in [1.54, 1.807) is 0 Å². The zero-order valence-electron chi connectivity index (χ0n) is 24.4. The highest BCUT2D eigenvalue weighted by molar-refractivity contribution is 5.70. The molecule has 0 aliphatic carbocycles. The lowest BCUT2D eigenvalue weighted by Gasteiger charge is -2.33. The second-order valence-corrected chi connectivity index (χ2v) is 12.7. The van der Waals surface area contributed by atoms with Crippen molar-refractivity contribution in [2.24, 2.45) is 11.8 Å². The average molecular weight is 513 g/mol. The van der Waals surface area contributed by atoms with Gasteiger partial charge in [0.1, 0.15) is 11.2 Å². The summed E-state index contributed by atoms with van der Waals surface area (Å²) in [6, 6.07) is 10.3. The van der Waals surface area contributed by atoms with E-state index in [4.69, 9.17) is 9.47 Å². The molecule has 2 fully saturated rings. The Hall–Kier alpha value is -2.50. The van der Waals surface area contributed by atoms with Crippen molar-refractivity contribution >= 4 is 12.2 Å². The Bertz CT molecular complexity index is 946. The molecule has 1 aromatic rings.